The number of nitrogens with two attached hydrogens (primary N) is 1. The molecule has 3 nitrogen and oxygen atoms in total. The summed E-state index contributed by atoms with van der Waals surface area (Å²) in [6, 6.07) is 2.31. The highest BCUT2D eigenvalue weighted by Gasteiger charge is 2.21. The number of halogens is 2. The van der Waals surface area contributed by atoms with Crippen LogP contribution in [0.4, 0.5) is 14.5 Å². The van der Waals surface area contributed by atoms with Crippen molar-refractivity contribution in [2.45, 2.75) is 12.8 Å². The van der Waals surface area contributed by atoms with E-state index in [2.05, 4.69) is 0 Å². The zero-order valence-corrected chi connectivity index (χ0v) is 12.2. The first-order valence-electron chi connectivity index (χ1n) is 6.56. The van der Waals surface area contributed by atoms with Gasteiger partial charge in [-0.25, -0.2) is 8.78 Å². The van der Waals surface area contributed by atoms with E-state index in [9.17, 15) is 8.78 Å². The van der Waals surface area contributed by atoms with E-state index >= 15 is 0 Å². The van der Waals surface area contributed by atoms with Crippen molar-refractivity contribution in [3.63, 3.8) is 0 Å². The molecule has 1 aromatic carbocycles. The molecule has 0 atom stereocenters. The maximum atomic E-state index is 13.9. The summed E-state index contributed by atoms with van der Waals surface area (Å²) in [4.78, 5) is 1.48. The van der Waals surface area contributed by atoms with Crippen LogP contribution >= 0.6 is 12.2 Å². The Balaban J connectivity index is 1.97. The van der Waals surface area contributed by atoms with Crippen molar-refractivity contribution < 1.29 is 13.5 Å². The van der Waals surface area contributed by atoms with Gasteiger partial charge in [0.1, 0.15) is 22.3 Å². The van der Waals surface area contributed by atoms with Crippen LogP contribution in [0.15, 0.2) is 12.1 Å². The van der Waals surface area contributed by atoms with Gasteiger partial charge in [-0.05, 0) is 30.9 Å². The number of rotatable bonds is 7. The molecular formula is C14H18F2N2OS. The van der Waals surface area contributed by atoms with Crippen molar-refractivity contribution in [1.29, 1.82) is 0 Å². The Morgan fingerprint density at radius 3 is 2.50 bits per heavy atom. The number of hydrogen-bond donors (Lipinski definition) is 1. The fourth-order valence-electron chi connectivity index (χ4n) is 1.92. The predicted octanol–water partition coefficient (Wildman–Crippen LogP) is 2.46. The second-order valence-corrected chi connectivity index (χ2v) is 5.53. The van der Waals surface area contributed by atoms with Crippen LogP contribution in [0.5, 0.6) is 0 Å². The van der Waals surface area contributed by atoms with Gasteiger partial charge in [0.25, 0.3) is 0 Å². The Hall–Kier alpha value is -1.27. The first-order valence-corrected chi connectivity index (χ1v) is 6.97. The largest absolute Gasteiger partial charge is 0.389 e. The summed E-state index contributed by atoms with van der Waals surface area (Å²) >= 11 is 4.72. The average molecular weight is 300 g/mol. The van der Waals surface area contributed by atoms with Crippen LogP contribution in [0.25, 0.3) is 0 Å². The van der Waals surface area contributed by atoms with E-state index in [4.69, 9.17) is 22.7 Å². The van der Waals surface area contributed by atoms with Gasteiger partial charge in [-0.15, -0.1) is 0 Å². The van der Waals surface area contributed by atoms with Crippen LogP contribution in [0.2, 0.25) is 0 Å². The van der Waals surface area contributed by atoms with Crippen molar-refractivity contribution in [3.8, 4) is 0 Å². The van der Waals surface area contributed by atoms with Crippen molar-refractivity contribution in [2.24, 2.45) is 11.7 Å². The van der Waals surface area contributed by atoms with Crippen molar-refractivity contribution >= 4 is 22.9 Å². The van der Waals surface area contributed by atoms with Gasteiger partial charge in [0, 0.05) is 25.8 Å². The minimum Gasteiger partial charge on any atom is -0.389 e. The van der Waals surface area contributed by atoms with Gasteiger partial charge in [0.15, 0.2) is 0 Å². The molecule has 0 aromatic heterocycles. The normalized spacial score (nSPS) is 14.3. The molecule has 0 spiro atoms. The van der Waals surface area contributed by atoms with E-state index in [1.54, 1.807) is 7.05 Å². The lowest BCUT2D eigenvalue weighted by Gasteiger charge is -2.21. The van der Waals surface area contributed by atoms with E-state index < -0.39 is 11.6 Å². The van der Waals surface area contributed by atoms with Crippen LogP contribution in [-0.2, 0) is 4.74 Å². The summed E-state index contributed by atoms with van der Waals surface area (Å²) in [6.45, 7) is 1.61. The Kier molecular flexibility index (Phi) is 4.88. The number of anilines is 1. The monoisotopic (exact) mass is 300 g/mol. The molecule has 0 saturated heterocycles. The van der Waals surface area contributed by atoms with Crippen LogP contribution in [0.1, 0.15) is 18.4 Å². The topological polar surface area (TPSA) is 38.5 Å². The molecule has 0 heterocycles. The lowest BCUT2D eigenvalue weighted by Crippen LogP contribution is -2.25. The highest BCUT2D eigenvalue weighted by atomic mass is 32.1. The Labute approximate surface area is 122 Å². The Bertz CT molecular complexity index is 483. The van der Waals surface area contributed by atoms with E-state index in [0.29, 0.717) is 19.1 Å². The fraction of sp³-hybridized carbons (Fsp3) is 0.500. The Morgan fingerprint density at radius 1 is 1.40 bits per heavy atom. The van der Waals surface area contributed by atoms with E-state index in [-0.39, 0.29) is 16.2 Å². The number of nitrogens with zero attached hydrogens (tertiary/aromatic N) is 1. The predicted molar refractivity (Wildman–Crippen MR) is 79.1 cm³/mol. The molecule has 1 fully saturated rings. The lowest BCUT2D eigenvalue weighted by molar-refractivity contribution is 0.130. The molecule has 110 valence electrons. The quantitative estimate of drug-likeness (QED) is 0.620. The SMILES string of the molecule is CN(CCOCC1CC1)c1c(F)cc(C(N)=S)cc1F. The summed E-state index contributed by atoms with van der Waals surface area (Å²) in [7, 11) is 1.63. The van der Waals surface area contributed by atoms with Crippen molar-refractivity contribution in [2.75, 3.05) is 31.7 Å². The highest BCUT2D eigenvalue weighted by Crippen LogP contribution is 2.29. The molecule has 6 heteroatoms. The molecule has 1 saturated carbocycles. The number of likely N-dealkylation sites (N-methyl/N-ethyl adjacent to an activating group) is 1. The summed E-state index contributed by atoms with van der Waals surface area (Å²) in [5.74, 6) is -0.659. The molecule has 0 unspecified atom stereocenters. The van der Waals surface area contributed by atoms with E-state index in [0.717, 1.165) is 18.7 Å². The van der Waals surface area contributed by atoms with Gasteiger partial charge >= 0.3 is 0 Å². The summed E-state index contributed by atoms with van der Waals surface area (Å²) in [5.41, 5.74) is 5.48. The third kappa shape index (κ3) is 3.86. The van der Waals surface area contributed by atoms with Gasteiger partial charge in [-0.1, -0.05) is 12.2 Å². The Morgan fingerprint density at radius 2 is 2.00 bits per heavy atom. The van der Waals surface area contributed by atoms with Crippen LogP contribution in [0.3, 0.4) is 0 Å². The number of thiocarbonyl (C=S) groups is 1. The molecule has 1 aromatic rings. The van der Waals surface area contributed by atoms with Crippen LogP contribution in [-0.4, -0.2) is 31.8 Å². The van der Waals surface area contributed by atoms with Crippen LogP contribution < -0.4 is 10.6 Å². The summed E-state index contributed by atoms with van der Waals surface area (Å²) in [5, 5.41) is 0. The molecular weight excluding hydrogens is 282 g/mol. The second-order valence-electron chi connectivity index (χ2n) is 5.09. The zero-order valence-electron chi connectivity index (χ0n) is 11.4. The summed E-state index contributed by atoms with van der Waals surface area (Å²) in [6.07, 6.45) is 2.44. The third-order valence-electron chi connectivity index (χ3n) is 3.30. The smallest absolute Gasteiger partial charge is 0.150 e. The van der Waals surface area contributed by atoms with Crippen molar-refractivity contribution in [3.05, 3.63) is 29.3 Å². The molecule has 0 amide bonds. The van der Waals surface area contributed by atoms with Gasteiger partial charge in [-0.2, -0.15) is 0 Å². The molecule has 1 aliphatic rings. The van der Waals surface area contributed by atoms with Gasteiger partial charge < -0.3 is 15.4 Å². The first kappa shape index (κ1) is 15.1. The lowest BCUT2D eigenvalue weighted by atomic mass is 10.1. The maximum absolute atomic E-state index is 13.9. The number of benzene rings is 1. The third-order valence-corrected chi connectivity index (χ3v) is 3.54. The highest BCUT2D eigenvalue weighted by molar-refractivity contribution is 7.80. The minimum absolute atomic E-state index is 0.0234. The van der Waals surface area contributed by atoms with Crippen LogP contribution in [0, 0.1) is 17.6 Å². The molecule has 2 N–H and O–H groups in total. The number of ether oxygens (including phenoxy) is 1. The fourth-order valence-corrected chi connectivity index (χ4v) is 2.04. The van der Waals surface area contributed by atoms with Crippen molar-refractivity contribution in [1.82, 2.24) is 0 Å². The van der Waals surface area contributed by atoms with Gasteiger partial charge in [0.2, 0.25) is 0 Å². The second kappa shape index (κ2) is 6.45. The van der Waals surface area contributed by atoms with E-state index in [1.807, 2.05) is 0 Å². The summed E-state index contributed by atoms with van der Waals surface area (Å²) < 4.78 is 33.3. The van der Waals surface area contributed by atoms with E-state index in [1.165, 1.54) is 17.7 Å². The molecule has 0 radical (unpaired) electrons. The first-order chi connectivity index (χ1) is 9.49. The minimum atomic E-state index is -0.669. The molecule has 20 heavy (non-hydrogen) atoms. The maximum Gasteiger partial charge on any atom is 0.150 e. The molecule has 0 bridgehead atoms. The molecule has 1 aliphatic carbocycles. The van der Waals surface area contributed by atoms with Gasteiger partial charge in [0.05, 0.1) is 6.61 Å². The molecule has 2 rings (SSSR count). The zero-order chi connectivity index (χ0) is 14.7. The van der Waals surface area contributed by atoms with Gasteiger partial charge in [-0.3, -0.25) is 0 Å². The average Bonchev–Trinajstić information content (AvgIpc) is 3.17. The molecule has 0 aliphatic heterocycles. The standard InChI is InChI=1S/C14H18F2N2OS/c1-18(4-5-19-8-9-2-3-9)13-11(15)6-10(14(17)20)7-12(13)16/h6-7,9H,2-5,8H2,1H3,(H2,17,20). The number of hydrogen-bond acceptors (Lipinski definition) is 3.